The van der Waals surface area contributed by atoms with Gasteiger partial charge in [-0.15, -0.1) is 0 Å². The van der Waals surface area contributed by atoms with E-state index in [0.717, 1.165) is 6.42 Å². The minimum absolute atomic E-state index is 0.0493. The highest BCUT2D eigenvalue weighted by atomic mass is 32.2. The molecule has 0 saturated heterocycles. The van der Waals surface area contributed by atoms with Gasteiger partial charge in [-0.2, -0.15) is 0 Å². The van der Waals surface area contributed by atoms with E-state index in [1.165, 1.54) is 31.2 Å². The second kappa shape index (κ2) is 9.68. The normalized spacial score (nSPS) is 13.9. The van der Waals surface area contributed by atoms with Gasteiger partial charge in [-0.05, 0) is 43.5 Å². The minimum Gasteiger partial charge on any atom is -0.354 e. The van der Waals surface area contributed by atoms with Crippen molar-refractivity contribution in [1.82, 2.24) is 10.0 Å². The molecule has 8 heteroatoms. The van der Waals surface area contributed by atoms with Gasteiger partial charge in [-0.25, -0.2) is 13.1 Å². The third kappa shape index (κ3) is 7.13. The SMILES string of the molecule is CCC(C)NC(=O)CC(NS(=O)(=O)c1ccc(NC(C)=O)cc1)C(C)C. The fraction of sp³-hybridized carbons (Fsp3) is 0.556. The van der Waals surface area contributed by atoms with Crippen LogP contribution < -0.4 is 15.4 Å². The van der Waals surface area contributed by atoms with E-state index in [4.69, 9.17) is 0 Å². The molecule has 1 rings (SSSR count). The maximum absolute atomic E-state index is 12.6. The van der Waals surface area contributed by atoms with E-state index in [0.29, 0.717) is 5.69 Å². The van der Waals surface area contributed by atoms with Crippen LogP contribution in [-0.4, -0.2) is 32.3 Å². The minimum atomic E-state index is -3.77. The summed E-state index contributed by atoms with van der Waals surface area (Å²) in [6.45, 7) is 8.98. The summed E-state index contributed by atoms with van der Waals surface area (Å²) < 4.78 is 27.8. The zero-order chi connectivity index (χ0) is 19.9. The maximum Gasteiger partial charge on any atom is 0.240 e. The summed E-state index contributed by atoms with van der Waals surface area (Å²) in [4.78, 5) is 23.2. The molecule has 0 fully saturated rings. The second-order valence-electron chi connectivity index (χ2n) is 6.76. The summed E-state index contributed by atoms with van der Waals surface area (Å²) >= 11 is 0. The van der Waals surface area contributed by atoms with Crippen molar-refractivity contribution in [2.75, 3.05) is 5.32 Å². The van der Waals surface area contributed by atoms with Crippen LogP contribution in [0.3, 0.4) is 0 Å². The monoisotopic (exact) mass is 383 g/mol. The molecule has 3 N–H and O–H groups in total. The first-order valence-electron chi connectivity index (χ1n) is 8.74. The Balaban J connectivity index is 2.86. The van der Waals surface area contributed by atoms with Crippen molar-refractivity contribution >= 4 is 27.5 Å². The molecule has 2 amide bonds. The van der Waals surface area contributed by atoms with Crippen LogP contribution in [0.1, 0.15) is 47.5 Å². The molecule has 1 aromatic carbocycles. The first kappa shape index (κ1) is 22.1. The van der Waals surface area contributed by atoms with Crippen molar-refractivity contribution < 1.29 is 18.0 Å². The Labute approximate surface area is 156 Å². The summed E-state index contributed by atoms with van der Waals surface area (Å²) in [5.41, 5.74) is 0.518. The largest absolute Gasteiger partial charge is 0.354 e. The Morgan fingerprint density at radius 2 is 1.65 bits per heavy atom. The summed E-state index contributed by atoms with van der Waals surface area (Å²) in [6.07, 6.45) is 0.885. The molecule has 146 valence electrons. The van der Waals surface area contributed by atoms with Crippen LogP contribution in [0.15, 0.2) is 29.2 Å². The molecule has 0 bridgehead atoms. The topological polar surface area (TPSA) is 104 Å². The summed E-state index contributed by atoms with van der Waals surface area (Å²) in [6, 6.07) is 5.42. The fourth-order valence-corrected chi connectivity index (χ4v) is 3.62. The van der Waals surface area contributed by atoms with Crippen molar-refractivity contribution in [3.05, 3.63) is 24.3 Å². The standard InChI is InChI=1S/C18H29N3O4S/c1-6-13(4)19-18(23)11-17(12(2)3)21-26(24,25)16-9-7-15(8-10-16)20-14(5)22/h7-10,12-13,17,21H,6,11H2,1-5H3,(H,19,23)(H,20,22). The zero-order valence-electron chi connectivity index (χ0n) is 16.0. The Morgan fingerprint density at radius 3 is 2.12 bits per heavy atom. The molecule has 0 aliphatic rings. The van der Waals surface area contributed by atoms with Crippen LogP contribution in [0.2, 0.25) is 0 Å². The summed E-state index contributed by atoms with van der Waals surface area (Å²) in [5, 5.41) is 5.44. The van der Waals surface area contributed by atoms with Gasteiger partial charge in [0.25, 0.3) is 0 Å². The van der Waals surface area contributed by atoms with Crippen molar-refractivity contribution in [3.63, 3.8) is 0 Å². The highest BCUT2D eigenvalue weighted by Gasteiger charge is 2.25. The van der Waals surface area contributed by atoms with Crippen molar-refractivity contribution in [2.45, 2.75) is 64.4 Å². The van der Waals surface area contributed by atoms with Crippen molar-refractivity contribution in [2.24, 2.45) is 5.92 Å². The number of rotatable bonds is 9. The van der Waals surface area contributed by atoms with Crippen LogP contribution >= 0.6 is 0 Å². The van der Waals surface area contributed by atoms with Crippen molar-refractivity contribution in [1.29, 1.82) is 0 Å². The molecule has 0 saturated carbocycles. The van der Waals surface area contributed by atoms with E-state index < -0.39 is 16.1 Å². The molecule has 0 spiro atoms. The molecule has 1 aromatic rings. The molecule has 0 radical (unpaired) electrons. The number of amides is 2. The summed E-state index contributed by atoms with van der Waals surface area (Å²) in [7, 11) is -3.77. The number of hydrogen-bond acceptors (Lipinski definition) is 4. The average Bonchev–Trinajstić information content (AvgIpc) is 2.53. The van der Waals surface area contributed by atoms with Gasteiger partial charge in [0.05, 0.1) is 4.90 Å². The lowest BCUT2D eigenvalue weighted by molar-refractivity contribution is -0.122. The van der Waals surface area contributed by atoms with Crippen LogP contribution in [0, 0.1) is 5.92 Å². The number of nitrogens with one attached hydrogen (secondary N) is 3. The molecule has 26 heavy (non-hydrogen) atoms. The maximum atomic E-state index is 12.6. The molecule has 0 aliphatic carbocycles. The van der Waals surface area contributed by atoms with Gasteiger partial charge in [0.2, 0.25) is 21.8 Å². The lowest BCUT2D eigenvalue weighted by Gasteiger charge is -2.23. The lowest BCUT2D eigenvalue weighted by Crippen LogP contribution is -2.43. The Bertz CT molecular complexity index is 714. The van der Waals surface area contributed by atoms with Crippen LogP contribution in [0.4, 0.5) is 5.69 Å². The quantitative estimate of drug-likeness (QED) is 0.608. The van der Waals surface area contributed by atoms with Crippen LogP contribution in [0.5, 0.6) is 0 Å². The number of carbonyl (C=O) groups is 2. The lowest BCUT2D eigenvalue weighted by atomic mass is 10.0. The molecular weight excluding hydrogens is 354 g/mol. The Kier molecular flexibility index (Phi) is 8.23. The third-order valence-electron chi connectivity index (χ3n) is 4.02. The number of hydrogen-bond donors (Lipinski definition) is 3. The molecule has 0 aliphatic heterocycles. The van der Waals surface area contributed by atoms with E-state index in [9.17, 15) is 18.0 Å². The van der Waals surface area contributed by atoms with Gasteiger partial charge in [0.1, 0.15) is 0 Å². The van der Waals surface area contributed by atoms with Gasteiger partial charge in [0, 0.05) is 31.1 Å². The number of benzene rings is 1. The molecular formula is C18H29N3O4S. The predicted molar refractivity (Wildman–Crippen MR) is 102 cm³/mol. The van der Waals surface area contributed by atoms with E-state index in [1.807, 2.05) is 27.7 Å². The fourth-order valence-electron chi connectivity index (χ4n) is 2.24. The van der Waals surface area contributed by atoms with Gasteiger partial charge >= 0.3 is 0 Å². The number of carbonyl (C=O) groups excluding carboxylic acids is 2. The first-order chi connectivity index (χ1) is 12.0. The molecule has 0 aromatic heterocycles. The zero-order valence-corrected chi connectivity index (χ0v) is 16.8. The number of anilines is 1. The third-order valence-corrected chi connectivity index (χ3v) is 5.53. The Morgan fingerprint density at radius 1 is 1.08 bits per heavy atom. The Hall–Kier alpha value is -1.93. The van der Waals surface area contributed by atoms with E-state index >= 15 is 0 Å². The van der Waals surface area contributed by atoms with E-state index in [1.54, 1.807) is 0 Å². The molecule has 7 nitrogen and oxygen atoms in total. The van der Waals surface area contributed by atoms with Gasteiger partial charge in [-0.3, -0.25) is 9.59 Å². The van der Waals surface area contributed by atoms with Crippen LogP contribution in [0.25, 0.3) is 0 Å². The highest BCUT2D eigenvalue weighted by Crippen LogP contribution is 2.17. The smallest absolute Gasteiger partial charge is 0.240 e. The van der Waals surface area contributed by atoms with Gasteiger partial charge in [-0.1, -0.05) is 20.8 Å². The highest BCUT2D eigenvalue weighted by molar-refractivity contribution is 7.89. The van der Waals surface area contributed by atoms with E-state index in [2.05, 4.69) is 15.4 Å². The second-order valence-corrected chi connectivity index (χ2v) is 8.47. The average molecular weight is 384 g/mol. The van der Waals surface area contributed by atoms with E-state index in [-0.39, 0.29) is 35.1 Å². The molecule has 0 heterocycles. The van der Waals surface area contributed by atoms with Crippen molar-refractivity contribution in [3.8, 4) is 0 Å². The number of sulfonamides is 1. The molecule has 2 unspecified atom stereocenters. The first-order valence-corrected chi connectivity index (χ1v) is 10.2. The van der Waals surface area contributed by atoms with Crippen LogP contribution in [-0.2, 0) is 19.6 Å². The molecule has 2 atom stereocenters. The van der Waals surface area contributed by atoms with Gasteiger partial charge in [0.15, 0.2) is 0 Å². The predicted octanol–water partition coefficient (Wildman–Crippen LogP) is 2.25. The summed E-state index contributed by atoms with van der Waals surface area (Å²) in [5.74, 6) is -0.459. The van der Waals surface area contributed by atoms with Gasteiger partial charge < -0.3 is 10.6 Å².